The van der Waals surface area contributed by atoms with E-state index in [2.05, 4.69) is 0 Å². The summed E-state index contributed by atoms with van der Waals surface area (Å²) in [5.41, 5.74) is 6.90. The van der Waals surface area contributed by atoms with Crippen molar-refractivity contribution in [3.05, 3.63) is 23.8 Å². The predicted molar refractivity (Wildman–Crippen MR) is 72.4 cm³/mol. The van der Waals surface area contributed by atoms with Gasteiger partial charge in [-0.2, -0.15) is 0 Å². The second kappa shape index (κ2) is 4.71. The van der Waals surface area contributed by atoms with Crippen LogP contribution in [0.25, 0.3) is 0 Å². The first-order valence-electron chi connectivity index (χ1n) is 5.73. The second-order valence-corrected chi connectivity index (χ2v) is 5.37. The van der Waals surface area contributed by atoms with Crippen molar-refractivity contribution in [2.75, 3.05) is 5.73 Å². The zero-order valence-corrected chi connectivity index (χ0v) is 11.2. The lowest BCUT2D eigenvalue weighted by atomic mass is 9.80. The molecule has 1 aromatic rings. The summed E-state index contributed by atoms with van der Waals surface area (Å²) in [7, 11) is 1.66. The molecule has 0 aliphatic heterocycles. The Bertz CT molecular complexity index is 397. The third-order valence-electron chi connectivity index (χ3n) is 3.37. The summed E-state index contributed by atoms with van der Waals surface area (Å²) in [6.45, 7) is 9.11. The molecule has 0 bridgehead atoms. The third kappa shape index (κ3) is 3.24. The Labute approximate surface area is 104 Å². The Morgan fingerprint density at radius 3 is 2.35 bits per heavy atom. The van der Waals surface area contributed by atoms with Crippen LogP contribution in [0.2, 0.25) is 0 Å². The number of anilines is 1. The van der Waals surface area contributed by atoms with Gasteiger partial charge in [0.2, 0.25) is 0 Å². The maximum absolute atomic E-state index is 9.98. The Hall–Kier alpha value is -0.995. The highest BCUT2D eigenvalue weighted by molar-refractivity contribution is 6.48. The van der Waals surface area contributed by atoms with Gasteiger partial charge in [0.1, 0.15) is 0 Å². The van der Waals surface area contributed by atoms with Crippen molar-refractivity contribution in [1.82, 2.24) is 0 Å². The third-order valence-corrected chi connectivity index (χ3v) is 3.37. The highest BCUT2D eigenvalue weighted by Crippen LogP contribution is 2.24. The van der Waals surface area contributed by atoms with Crippen LogP contribution in [0, 0.1) is 6.92 Å². The van der Waals surface area contributed by atoms with Crippen LogP contribution < -0.4 is 11.2 Å². The van der Waals surface area contributed by atoms with Crippen molar-refractivity contribution >= 4 is 18.6 Å². The Balaban J connectivity index is 2.78. The zero-order chi connectivity index (χ0) is 13.3. The zero-order valence-electron chi connectivity index (χ0n) is 11.2. The number of aliphatic hydroxyl groups is 1. The summed E-state index contributed by atoms with van der Waals surface area (Å²) in [6, 6.07) is 5.68. The number of hydrogen-bond acceptors (Lipinski definition) is 3. The van der Waals surface area contributed by atoms with Crippen LogP contribution in [0.1, 0.15) is 33.3 Å². The number of hydrogen-bond donors (Lipinski definition) is 2. The van der Waals surface area contributed by atoms with Crippen LogP contribution in [0.3, 0.4) is 0 Å². The van der Waals surface area contributed by atoms with Crippen molar-refractivity contribution in [3.8, 4) is 0 Å². The number of nitrogen functional groups attached to an aromatic ring is 1. The van der Waals surface area contributed by atoms with Crippen LogP contribution in [0.4, 0.5) is 5.69 Å². The molecule has 0 aromatic heterocycles. The van der Waals surface area contributed by atoms with Crippen LogP contribution in [0.15, 0.2) is 18.2 Å². The molecule has 0 saturated heterocycles. The fourth-order valence-corrected chi connectivity index (χ4v) is 1.15. The summed E-state index contributed by atoms with van der Waals surface area (Å²) >= 11 is 0. The van der Waals surface area contributed by atoms with Crippen molar-refractivity contribution in [3.63, 3.8) is 0 Å². The molecule has 1 radical (unpaired) electrons. The lowest BCUT2D eigenvalue weighted by Crippen LogP contribution is -2.49. The normalized spacial score (nSPS) is 12.6. The number of nitrogens with two attached hydrogens (primary N) is 1. The molecule has 0 fully saturated rings. The Kier molecular flexibility index (Phi) is 3.90. The molecule has 93 valence electrons. The van der Waals surface area contributed by atoms with Gasteiger partial charge in [-0.1, -0.05) is 12.1 Å². The van der Waals surface area contributed by atoms with Gasteiger partial charge in [-0.3, -0.25) is 0 Å². The van der Waals surface area contributed by atoms with E-state index < -0.39 is 11.2 Å². The average Bonchev–Trinajstić information content (AvgIpc) is 2.18. The highest BCUT2D eigenvalue weighted by Gasteiger charge is 2.35. The van der Waals surface area contributed by atoms with Crippen molar-refractivity contribution in [2.45, 2.75) is 45.8 Å². The van der Waals surface area contributed by atoms with Gasteiger partial charge in [-0.15, -0.1) is 0 Å². The first-order chi connectivity index (χ1) is 7.65. The van der Waals surface area contributed by atoms with Gasteiger partial charge in [-0.05, 0) is 51.7 Å². The minimum Gasteiger partial charge on any atom is -0.427 e. The molecule has 1 rings (SSSR count). The number of benzene rings is 1. The molecular formula is C13H21BNO2. The van der Waals surface area contributed by atoms with E-state index >= 15 is 0 Å². The fourth-order valence-electron chi connectivity index (χ4n) is 1.15. The molecule has 0 saturated carbocycles. The molecule has 0 heterocycles. The fraction of sp³-hybridized carbons (Fsp3) is 0.538. The van der Waals surface area contributed by atoms with Crippen LogP contribution >= 0.6 is 0 Å². The molecule has 0 amide bonds. The molecule has 1 aromatic carbocycles. The summed E-state index contributed by atoms with van der Waals surface area (Å²) < 4.78 is 5.69. The van der Waals surface area contributed by atoms with Gasteiger partial charge in [0.15, 0.2) is 0 Å². The van der Waals surface area contributed by atoms with E-state index in [4.69, 9.17) is 10.4 Å². The van der Waals surface area contributed by atoms with E-state index in [1.807, 2.05) is 39.0 Å². The Morgan fingerprint density at radius 2 is 1.82 bits per heavy atom. The quantitative estimate of drug-likeness (QED) is 0.611. The lowest BCUT2D eigenvalue weighted by Gasteiger charge is -2.37. The molecule has 4 heteroatoms. The highest BCUT2D eigenvalue weighted by atomic mass is 16.5. The van der Waals surface area contributed by atoms with Gasteiger partial charge in [0, 0.05) is 5.69 Å². The smallest absolute Gasteiger partial charge is 0.331 e. The molecule has 0 unspecified atom stereocenters. The maximum atomic E-state index is 9.98. The van der Waals surface area contributed by atoms with E-state index in [9.17, 15) is 5.11 Å². The minimum atomic E-state index is -0.919. The molecule has 0 spiro atoms. The predicted octanol–water partition coefficient (Wildman–Crippen LogP) is 1.39. The van der Waals surface area contributed by atoms with Crippen LogP contribution in [-0.2, 0) is 4.65 Å². The van der Waals surface area contributed by atoms with Crippen molar-refractivity contribution in [1.29, 1.82) is 0 Å². The molecule has 0 aliphatic rings. The van der Waals surface area contributed by atoms with E-state index in [1.165, 1.54) is 0 Å². The summed E-state index contributed by atoms with van der Waals surface area (Å²) in [5, 5.41) is 9.98. The van der Waals surface area contributed by atoms with Gasteiger partial charge in [-0.25, -0.2) is 0 Å². The monoisotopic (exact) mass is 234 g/mol. The summed E-state index contributed by atoms with van der Waals surface area (Å²) in [4.78, 5) is 0. The van der Waals surface area contributed by atoms with Crippen LogP contribution in [0.5, 0.6) is 0 Å². The van der Waals surface area contributed by atoms with Gasteiger partial charge in [0.05, 0.1) is 11.2 Å². The lowest BCUT2D eigenvalue weighted by molar-refractivity contribution is -0.0893. The molecule has 0 atom stereocenters. The second-order valence-electron chi connectivity index (χ2n) is 5.37. The largest absolute Gasteiger partial charge is 0.427 e. The SMILES string of the molecule is Cc1c(N)cccc1[B]OC(C)(C)C(C)(C)O. The van der Waals surface area contributed by atoms with Crippen LogP contribution in [-0.4, -0.2) is 23.8 Å². The molecule has 17 heavy (non-hydrogen) atoms. The minimum absolute atomic E-state index is 0.663. The first kappa shape index (κ1) is 14.1. The van der Waals surface area contributed by atoms with Crippen molar-refractivity contribution in [2.24, 2.45) is 0 Å². The molecule has 0 aliphatic carbocycles. The number of rotatable bonds is 4. The van der Waals surface area contributed by atoms with Crippen molar-refractivity contribution < 1.29 is 9.76 Å². The standard InChI is InChI=1S/C13H21BNO2/c1-9-10(7-6-8-11(9)15)14-17-13(4,5)12(2,3)16/h6-8,16H,15H2,1-5H3. The average molecular weight is 234 g/mol. The summed E-state index contributed by atoms with van der Waals surface area (Å²) in [5.74, 6) is 0. The maximum Gasteiger partial charge on any atom is 0.331 e. The van der Waals surface area contributed by atoms with E-state index in [0.29, 0.717) is 0 Å². The topological polar surface area (TPSA) is 55.5 Å². The molecule has 3 N–H and O–H groups in total. The molecule has 3 nitrogen and oxygen atoms in total. The first-order valence-corrected chi connectivity index (χ1v) is 5.73. The van der Waals surface area contributed by atoms with Gasteiger partial charge < -0.3 is 15.5 Å². The van der Waals surface area contributed by atoms with E-state index in [-0.39, 0.29) is 0 Å². The Morgan fingerprint density at radius 1 is 1.24 bits per heavy atom. The summed E-state index contributed by atoms with van der Waals surface area (Å²) in [6.07, 6.45) is 0. The van der Waals surface area contributed by atoms with E-state index in [0.717, 1.165) is 16.7 Å². The van der Waals surface area contributed by atoms with E-state index in [1.54, 1.807) is 21.3 Å². The van der Waals surface area contributed by atoms with Gasteiger partial charge >= 0.3 is 7.48 Å². The molecular weight excluding hydrogens is 213 g/mol. The van der Waals surface area contributed by atoms with Gasteiger partial charge in [0.25, 0.3) is 0 Å².